The van der Waals surface area contributed by atoms with Gasteiger partial charge in [0.25, 0.3) is 0 Å². The van der Waals surface area contributed by atoms with E-state index in [9.17, 15) is 29.7 Å². The van der Waals surface area contributed by atoms with Gasteiger partial charge in [0, 0.05) is 23.6 Å². The fourth-order valence-corrected chi connectivity index (χ4v) is 2.52. The molecule has 0 fully saturated rings. The van der Waals surface area contributed by atoms with E-state index < -0.39 is 41.6 Å². The van der Waals surface area contributed by atoms with Crippen molar-refractivity contribution in [3.05, 3.63) is 45.4 Å². The Hall–Kier alpha value is -2.61. The van der Waals surface area contributed by atoms with E-state index in [1.807, 2.05) is 6.92 Å². The number of hydrogen-bond donors (Lipinski definition) is 3. The van der Waals surface area contributed by atoms with Crippen LogP contribution >= 0.6 is 0 Å². The van der Waals surface area contributed by atoms with Gasteiger partial charge in [0.2, 0.25) is 0 Å². The molecule has 0 aromatic heterocycles. The molecule has 0 spiro atoms. The van der Waals surface area contributed by atoms with E-state index in [4.69, 9.17) is 28.4 Å². The van der Waals surface area contributed by atoms with Gasteiger partial charge in [0.1, 0.15) is 38.1 Å². The number of carbonyl (C=O) groups is 3. The molecule has 3 atom stereocenters. The minimum Gasteiger partial charge on any atom is -0.460 e. The predicted molar refractivity (Wildman–Crippen MR) is 133 cm³/mol. The van der Waals surface area contributed by atoms with E-state index in [0.29, 0.717) is 6.42 Å². The van der Waals surface area contributed by atoms with Crippen LogP contribution in [0.3, 0.4) is 0 Å². The van der Waals surface area contributed by atoms with Crippen LogP contribution in [0, 0.1) is 12.8 Å². The quantitative estimate of drug-likeness (QED) is 0.0747. The van der Waals surface area contributed by atoms with Gasteiger partial charge in [-0.05, 0) is 6.42 Å². The molecular weight excluding hydrogens is 492 g/mol. The van der Waals surface area contributed by atoms with Gasteiger partial charge in [0.05, 0.1) is 39.6 Å². The summed E-state index contributed by atoms with van der Waals surface area (Å²) >= 11 is 0. The molecule has 0 rings (SSSR count). The average molecular weight is 534 g/mol. The highest BCUT2D eigenvalue weighted by Gasteiger charge is 2.31. The third kappa shape index (κ3) is 18.3. The Kier molecular flexibility index (Phi) is 21.2. The highest BCUT2D eigenvalue weighted by Crippen LogP contribution is 2.24. The summed E-state index contributed by atoms with van der Waals surface area (Å²) in [5.74, 6) is -2.02. The summed E-state index contributed by atoms with van der Waals surface area (Å²) in [6.45, 7) is 10.5. The zero-order valence-electron chi connectivity index (χ0n) is 21.7. The lowest BCUT2D eigenvalue weighted by atomic mass is 9.88. The van der Waals surface area contributed by atoms with E-state index in [1.165, 1.54) is 0 Å². The molecule has 0 aliphatic rings. The van der Waals surface area contributed by atoms with Crippen molar-refractivity contribution in [2.45, 2.75) is 31.7 Å². The van der Waals surface area contributed by atoms with Crippen molar-refractivity contribution in [3.63, 3.8) is 0 Å². The van der Waals surface area contributed by atoms with Gasteiger partial charge < -0.3 is 51.2 Å². The lowest BCUT2D eigenvalue weighted by molar-refractivity contribution is -0.144. The van der Waals surface area contributed by atoms with E-state index >= 15 is 0 Å². The molecule has 0 radical (unpaired) electrons. The normalized spacial score (nSPS) is 14.6. The third-order valence-electron chi connectivity index (χ3n) is 4.66. The molecule has 12 nitrogen and oxygen atoms in total. The van der Waals surface area contributed by atoms with Gasteiger partial charge in [-0.25, -0.2) is 14.4 Å². The van der Waals surface area contributed by atoms with Crippen molar-refractivity contribution in [3.8, 4) is 0 Å². The van der Waals surface area contributed by atoms with Crippen LogP contribution in [0.2, 0.25) is 0 Å². The van der Waals surface area contributed by atoms with Gasteiger partial charge in [-0.1, -0.05) is 26.7 Å². The molecule has 0 heterocycles. The maximum absolute atomic E-state index is 11.1. The van der Waals surface area contributed by atoms with Gasteiger partial charge >= 0.3 is 17.9 Å². The molecule has 0 aromatic rings. The molecule has 37 heavy (non-hydrogen) atoms. The first-order valence-electron chi connectivity index (χ1n) is 11.3. The Labute approximate surface area is 218 Å². The summed E-state index contributed by atoms with van der Waals surface area (Å²) in [7, 11) is 0. The van der Waals surface area contributed by atoms with Crippen molar-refractivity contribution >= 4 is 17.9 Å². The fraction of sp³-hybridized carbons (Fsp3) is 0.600. The molecule has 0 amide bonds. The van der Waals surface area contributed by atoms with Crippen LogP contribution in [0.4, 0.5) is 0 Å². The van der Waals surface area contributed by atoms with Crippen LogP contribution in [-0.2, 0) is 42.8 Å². The molecule has 12 heteroatoms. The van der Waals surface area contributed by atoms with E-state index in [2.05, 4.69) is 19.7 Å². The smallest absolute Gasteiger partial charge is 0.330 e. The molecule has 0 aliphatic heterocycles. The van der Waals surface area contributed by atoms with Crippen molar-refractivity contribution in [2.75, 3.05) is 59.5 Å². The van der Waals surface area contributed by atoms with Gasteiger partial charge in [0.15, 0.2) is 0 Å². The minimum atomic E-state index is -1.08. The molecule has 0 aliphatic carbocycles. The van der Waals surface area contributed by atoms with Crippen LogP contribution in [-0.4, -0.2) is 111 Å². The van der Waals surface area contributed by atoms with Crippen molar-refractivity contribution < 1.29 is 58.1 Å². The number of aliphatic hydroxyl groups is 3. The SMILES string of the molecule is C=CC(=O)OCC(O)COCC(CC)(COCC(O)COC(=O)C=C)COCC(O)COC(=O)C=C.[CH3-]. The Morgan fingerprint density at radius 1 is 0.649 bits per heavy atom. The molecule has 3 N–H and O–H groups in total. The Bertz CT molecular complexity index is 605. The lowest BCUT2D eigenvalue weighted by Crippen LogP contribution is -2.40. The summed E-state index contributed by atoms with van der Waals surface area (Å²) < 4.78 is 31.1. The van der Waals surface area contributed by atoms with Crippen molar-refractivity contribution in [2.24, 2.45) is 5.41 Å². The summed E-state index contributed by atoms with van der Waals surface area (Å²) in [6.07, 6.45) is 0.184. The summed E-state index contributed by atoms with van der Waals surface area (Å²) in [6, 6.07) is 0. The van der Waals surface area contributed by atoms with Crippen LogP contribution in [0.5, 0.6) is 0 Å². The van der Waals surface area contributed by atoms with E-state index in [0.717, 1.165) is 18.2 Å². The van der Waals surface area contributed by atoms with Crippen LogP contribution in [0.15, 0.2) is 38.0 Å². The number of ether oxygens (including phenoxy) is 6. The first kappa shape index (κ1) is 36.5. The third-order valence-corrected chi connectivity index (χ3v) is 4.66. The van der Waals surface area contributed by atoms with Gasteiger partial charge in [-0.15, -0.1) is 0 Å². The average Bonchev–Trinajstić information content (AvgIpc) is 2.88. The molecule has 0 saturated carbocycles. The first-order valence-corrected chi connectivity index (χ1v) is 11.3. The molecule has 214 valence electrons. The summed E-state index contributed by atoms with van der Waals surface area (Å²) in [5.41, 5.74) is -0.757. The summed E-state index contributed by atoms with van der Waals surface area (Å²) in [4.78, 5) is 33.3. The second kappa shape index (κ2) is 21.5. The topological polar surface area (TPSA) is 167 Å². The lowest BCUT2D eigenvalue weighted by Gasteiger charge is -2.33. The molecule has 0 saturated heterocycles. The largest absolute Gasteiger partial charge is 0.460 e. The predicted octanol–water partition coefficient (Wildman–Crippen LogP) is 0.153. The molecule has 0 aromatic carbocycles. The highest BCUT2D eigenvalue weighted by atomic mass is 16.6. The minimum absolute atomic E-state index is 0. The van der Waals surface area contributed by atoms with Gasteiger partial charge in [-0.2, -0.15) is 0 Å². The number of hydrogen-bond acceptors (Lipinski definition) is 12. The number of carbonyl (C=O) groups excluding carboxylic acids is 3. The van der Waals surface area contributed by atoms with Crippen LogP contribution in [0.1, 0.15) is 13.3 Å². The standard InChI is InChI=1S/C24H38O12.CH3/c1-5-21(28)34-12-18(25)9-31-15-24(8-4,16-32-10-19(26)13-35-22(29)6-2)17-33-11-20(27)14-36-23(30)7-3;/h5-7,18-20,25-27H,1-3,8-17H2,4H3;1H3/q;-1. The number of rotatable bonds is 22. The second-order valence-electron chi connectivity index (χ2n) is 7.86. The molecular formula is C25H41O12-. The Balaban J connectivity index is 0. The van der Waals surface area contributed by atoms with E-state index in [1.54, 1.807) is 0 Å². The highest BCUT2D eigenvalue weighted by molar-refractivity contribution is 5.81. The summed E-state index contributed by atoms with van der Waals surface area (Å²) in [5, 5.41) is 29.8. The van der Waals surface area contributed by atoms with Crippen LogP contribution < -0.4 is 0 Å². The second-order valence-corrected chi connectivity index (χ2v) is 7.86. The monoisotopic (exact) mass is 533 g/mol. The van der Waals surface area contributed by atoms with Crippen LogP contribution in [0.25, 0.3) is 0 Å². The van der Waals surface area contributed by atoms with Crippen molar-refractivity contribution in [1.82, 2.24) is 0 Å². The number of esters is 3. The molecule has 0 bridgehead atoms. The Morgan fingerprint density at radius 2 is 0.919 bits per heavy atom. The molecule has 3 unspecified atom stereocenters. The maximum atomic E-state index is 11.1. The zero-order valence-corrected chi connectivity index (χ0v) is 21.7. The Morgan fingerprint density at radius 3 is 1.14 bits per heavy atom. The fourth-order valence-electron chi connectivity index (χ4n) is 2.52. The number of aliphatic hydroxyl groups excluding tert-OH is 3. The maximum Gasteiger partial charge on any atom is 0.330 e. The van der Waals surface area contributed by atoms with E-state index in [-0.39, 0.29) is 66.9 Å². The zero-order chi connectivity index (χ0) is 27.4. The van der Waals surface area contributed by atoms with Crippen molar-refractivity contribution in [1.29, 1.82) is 0 Å². The van der Waals surface area contributed by atoms with Gasteiger partial charge in [-0.3, -0.25) is 0 Å². The first-order chi connectivity index (χ1) is 17.1.